The number of nitrogens with zero attached hydrogens (tertiary/aromatic N) is 3. The molecule has 3 heterocycles. The number of hydrogen-bond acceptors (Lipinski definition) is 7. The van der Waals surface area contributed by atoms with Gasteiger partial charge in [-0.05, 0) is 42.5 Å². The van der Waals surface area contributed by atoms with E-state index in [0.717, 1.165) is 38.1 Å². The number of aromatic nitrogens is 2. The van der Waals surface area contributed by atoms with Gasteiger partial charge in [-0.25, -0.2) is 14.8 Å². The van der Waals surface area contributed by atoms with Crippen molar-refractivity contribution < 1.29 is 19.0 Å². The summed E-state index contributed by atoms with van der Waals surface area (Å²) in [7, 11) is 3.06. The Morgan fingerprint density at radius 2 is 2.07 bits per heavy atom. The molecular formula is C20H23N3O4. The Morgan fingerprint density at radius 1 is 1.26 bits per heavy atom. The first kappa shape index (κ1) is 17.7. The van der Waals surface area contributed by atoms with Crippen molar-refractivity contribution in [3.05, 3.63) is 47.4 Å². The number of carbonyl (C=O) groups is 1. The third-order valence-electron chi connectivity index (χ3n) is 5.52. The molecule has 2 aliphatic rings. The lowest BCUT2D eigenvalue weighted by Crippen LogP contribution is -2.47. The molecule has 1 aromatic heterocycles. The molecule has 142 valence electrons. The molecule has 2 aromatic rings. The SMILES string of the molecule is COC(=O)c1cncnc1N1CCC2(CC1)OCCc1cc(OC)ccc12. The molecular weight excluding hydrogens is 346 g/mol. The van der Waals surface area contributed by atoms with Gasteiger partial charge in [0, 0.05) is 19.3 Å². The lowest BCUT2D eigenvalue weighted by molar-refractivity contribution is -0.0767. The Bertz CT molecular complexity index is 847. The first-order chi connectivity index (χ1) is 13.2. The van der Waals surface area contributed by atoms with Crippen molar-refractivity contribution in [3.63, 3.8) is 0 Å². The number of ether oxygens (including phenoxy) is 3. The lowest BCUT2D eigenvalue weighted by atomic mass is 9.79. The van der Waals surface area contributed by atoms with E-state index in [2.05, 4.69) is 27.0 Å². The summed E-state index contributed by atoms with van der Waals surface area (Å²) in [5.74, 6) is 1.08. The number of hydrogen-bond donors (Lipinski definition) is 0. The number of fused-ring (bicyclic) bond motifs is 2. The molecule has 0 radical (unpaired) electrons. The van der Waals surface area contributed by atoms with Gasteiger partial charge in [0.15, 0.2) is 0 Å². The summed E-state index contributed by atoms with van der Waals surface area (Å²) in [5.41, 5.74) is 2.66. The summed E-state index contributed by atoms with van der Waals surface area (Å²) >= 11 is 0. The fourth-order valence-corrected chi connectivity index (χ4v) is 4.10. The summed E-state index contributed by atoms with van der Waals surface area (Å²) < 4.78 is 16.5. The van der Waals surface area contributed by atoms with Crippen LogP contribution in [0.15, 0.2) is 30.7 Å². The lowest BCUT2D eigenvalue weighted by Gasteiger charge is -2.45. The van der Waals surface area contributed by atoms with Gasteiger partial charge in [0.1, 0.15) is 23.5 Å². The smallest absolute Gasteiger partial charge is 0.343 e. The molecule has 1 aromatic carbocycles. The van der Waals surface area contributed by atoms with Gasteiger partial charge < -0.3 is 19.1 Å². The molecule has 4 rings (SSSR count). The standard InChI is InChI=1S/C20H23N3O4/c1-25-15-3-4-17-14(11-15)5-10-27-20(17)6-8-23(9-7-20)18-16(19(24)26-2)12-21-13-22-18/h3-4,11-13H,5-10H2,1-2H3. The van der Waals surface area contributed by atoms with Gasteiger partial charge in [0.05, 0.1) is 26.4 Å². The number of benzene rings is 1. The molecule has 0 unspecified atom stereocenters. The van der Waals surface area contributed by atoms with E-state index in [4.69, 9.17) is 14.2 Å². The van der Waals surface area contributed by atoms with Crippen LogP contribution in [-0.2, 0) is 21.5 Å². The van der Waals surface area contributed by atoms with E-state index < -0.39 is 5.97 Å². The molecule has 1 spiro atoms. The van der Waals surface area contributed by atoms with Crippen LogP contribution < -0.4 is 9.64 Å². The fourth-order valence-electron chi connectivity index (χ4n) is 4.10. The van der Waals surface area contributed by atoms with E-state index in [0.29, 0.717) is 18.0 Å². The Morgan fingerprint density at radius 3 is 2.81 bits per heavy atom. The van der Waals surface area contributed by atoms with Gasteiger partial charge in [0.2, 0.25) is 0 Å². The van der Waals surface area contributed by atoms with Gasteiger partial charge >= 0.3 is 5.97 Å². The van der Waals surface area contributed by atoms with Crippen molar-refractivity contribution in [1.29, 1.82) is 0 Å². The second-order valence-corrected chi connectivity index (χ2v) is 6.85. The quantitative estimate of drug-likeness (QED) is 0.769. The van der Waals surface area contributed by atoms with Crippen LogP contribution in [-0.4, -0.2) is 49.9 Å². The predicted octanol–water partition coefficient (Wildman–Crippen LogP) is 2.34. The Balaban J connectivity index is 1.58. The zero-order chi connectivity index (χ0) is 18.9. The molecule has 7 nitrogen and oxygen atoms in total. The molecule has 0 amide bonds. The largest absolute Gasteiger partial charge is 0.497 e. The van der Waals surface area contributed by atoms with Crippen LogP contribution in [0.4, 0.5) is 5.82 Å². The summed E-state index contributed by atoms with van der Waals surface area (Å²) in [4.78, 5) is 22.4. The molecule has 1 saturated heterocycles. The Kier molecular flexibility index (Phi) is 4.70. The van der Waals surface area contributed by atoms with Crippen LogP contribution in [0.5, 0.6) is 5.75 Å². The highest BCUT2D eigenvalue weighted by Crippen LogP contribution is 2.43. The van der Waals surface area contributed by atoms with Crippen LogP contribution in [0.2, 0.25) is 0 Å². The van der Waals surface area contributed by atoms with Crippen molar-refractivity contribution >= 4 is 11.8 Å². The Hall–Kier alpha value is -2.67. The monoisotopic (exact) mass is 369 g/mol. The van der Waals surface area contributed by atoms with Crippen LogP contribution in [0.3, 0.4) is 0 Å². The van der Waals surface area contributed by atoms with Crippen molar-refractivity contribution in [2.24, 2.45) is 0 Å². The number of anilines is 1. The topological polar surface area (TPSA) is 73.8 Å². The van der Waals surface area contributed by atoms with Crippen LogP contribution in [0.25, 0.3) is 0 Å². The fraction of sp³-hybridized carbons (Fsp3) is 0.450. The molecule has 7 heteroatoms. The molecule has 2 aliphatic heterocycles. The van der Waals surface area contributed by atoms with E-state index in [-0.39, 0.29) is 5.60 Å². The van der Waals surface area contributed by atoms with Crippen LogP contribution in [0.1, 0.15) is 34.3 Å². The zero-order valence-corrected chi connectivity index (χ0v) is 15.6. The van der Waals surface area contributed by atoms with Gasteiger partial charge in [0.25, 0.3) is 0 Å². The zero-order valence-electron chi connectivity index (χ0n) is 15.6. The minimum Gasteiger partial charge on any atom is -0.497 e. The van der Waals surface area contributed by atoms with Crippen molar-refractivity contribution in [2.75, 3.05) is 38.8 Å². The highest BCUT2D eigenvalue weighted by atomic mass is 16.5. The summed E-state index contributed by atoms with van der Waals surface area (Å²) in [6.45, 7) is 2.19. The molecule has 0 N–H and O–H groups in total. The number of carbonyl (C=O) groups excluding carboxylic acids is 1. The van der Waals surface area contributed by atoms with Gasteiger partial charge in [-0.2, -0.15) is 0 Å². The second kappa shape index (κ2) is 7.15. The maximum atomic E-state index is 12.0. The van der Waals surface area contributed by atoms with Crippen LogP contribution in [0, 0.1) is 0 Å². The molecule has 0 bridgehead atoms. The van der Waals surface area contributed by atoms with E-state index >= 15 is 0 Å². The summed E-state index contributed by atoms with van der Waals surface area (Å²) in [6, 6.07) is 6.25. The number of esters is 1. The highest BCUT2D eigenvalue weighted by Gasteiger charge is 2.41. The number of rotatable bonds is 3. The number of piperidine rings is 1. The summed E-state index contributed by atoms with van der Waals surface area (Å²) in [5, 5.41) is 0. The first-order valence-corrected chi connectivity index (χ1v) is 9.11. The minimum absolute atomic E-state index is 0.283. The first-order valence-electron chi connectivity index (χ1n) is 9.11. The molecule has 0 saturated carbocycles. The minimum atomic E-state index is -0.419. The average molecular weight is 369 g/mol. The van der Waals surface area contributed by atoms with Gasteiger partial charge in [-0.1, -0.05) is 6.07 Å². The van der Waals surface area contributed by atoms with E-state index in [1.54, 1.807) is 7.11 Å². The third-order valence-corrected chi connectivity index (χ3v) is 5.52. The normalized spacial score (nSPS) is 18.1. The molecule has 1 fully saturated rings. The van der Waals surface area contributed by atoms with Crippen molar-refractivity contribution in [3.8, 4) is 5.75 Å². The second-order valence-electron chi connectivity index (χ2n) is 6.85. The Labute approximate surface area is 158 Å². The predicted molar refractivity (Wildman–Crippen MR) is 99.1 cm³/mol. The van der Waals surface area contributed by atoms with E-state index in [9.17, 15) is 4.79 Å². The van der Waals surface area contributed by atoms with Gasteiger partial charge in [-0.3, -0.25) is 0 Å². The van der Waals surface area contributed by atoms with Crippen molar-refractivity contribution in [2.45, 2.75) is 24.9 Å². The average Bonchev–Trinajstić information content (AvgIpc) is 2.73. The van der Waals surface area contributed by atoms with E-state index in [1.165, 1.54) is 30.8 Å². The molecule has 0 aliphatic carbocycles. The number of methoxy groups -OCH3 is 2. The maximum absolute atomic E-state index is 12.0. The van der Waals surface area contributed by atoms with E-state index in [1.807, 2.05) is 6.07 Å². The van der Waals surface area contributed by atoms with Gasteiger partial charge in [-0.15, -0.1) is 0 Å². The summed E-state index contributed by atoms with van der Waals surface area (Å²) in [6.07, 6.45) is 5.53. The maximum Gasteiger partial charge on any atom is 0.343 e. The molecule has 0 atom stereocenters. The molecule has 27 heavy (non-hydrogen) atoms. The third kappa shape index (κ3) is 3.12. The van der Waals surface area contributed by atoms with Crippen molar-refractivity contribution in [1.82, 2.24) is 9.97 Å². The van der Waals surface area contributed by atoms with Crippen LogP contribution >= 0.6 is 0 Å². The highest BCUT2D eigenvalue weighted by molar-refractivity contribution is 5.94.